The van der Waals surface area contributed by atoms with E-state index in [0.29, 0.717) is 0 Å². The molecular weight excluding hydrogens is 288 g/mol. The molecule has 1 aliphatic rings. The highest BCUT2D eigenvalue weighted by Gasteiger charge is 2.23. The van der Waals surface area contributed by atoms with Crippen LogP contribution in [0, 0.1) is 6.92 Å². The third-order valence-electron chi connectivity index (χ3n) is 3.99. The zero-order chi connectivity index (χ0) is 14.9. The average molecular weight is 304 g/mol. The molecule has 2 heteroatoms. The van der Waals surface area contributed by atoms with Crippen molar-refractivity contribution in [3.05, 3.63) is 93.7 Å². The van der Waals surface area contributed by atoms with Crippen molar-refractivity contribution in [3.8, 4) is 5.75 Å². The van der Waals surface area contributed by atoms with E-state index in [9.17, 15) is 0 Å². The molecule has 1 atom stereocenters. The fraction of sp³-hybridized carbons (Fsp3) is 0.100. The zero-order valence-corrected chi connectivity index (χ0v) is 13.1. The largest absolute Gasteiger partial charge is 0.456 e. The van der Waals surface area contributed by atoms with E-state index < -0.39 is 0 Å². The standard InChI is InChI=1S/C20H16OS/c1-14-8-10-15(11-9-14)17-13-19(20-7-4-12-22-20)21-18-6-3-2-5-16(17)18/h2-13,17H,1H3. The third-order valence-corrected chi connectivity index (χ3v) is 4.88. The highest BCUT2D eigenvalue weighted by Crippen LogP contribution is 2.41. The molecule has 0 radical (unpaired) electrons. The summed E-state index contributed by atoms with van der Waals surface area (Å²) in [6.07, 6.45) is 2.23. The van der Waals surface area contributed by atoms with Crippen LogP contribution in [-0.2, 0) is 0 Å². The van der Waals surface area contributed by atoms with Crippen molar-refractivity contribution in [1.82, 2.24) is 0 Å². The van der Waals surface area contributed by atoms with Gasteiger partial charge in [-0.25, -0.2) is 0 Å². The lowest BCUT2D eigenvalue weighted by molar-refractivity contribution is 0.494. The molecule has 4 rings (SSSR count). The van der Waals surface area contributed by atoms with Gasteiger partial charge in [0.25, 0.3) is 0 Å². The van der Waals surface area contributed by atoms with E-state index in [1.54, 1.807) is 11.3 Å². The minimum Gasteiger partial charge on any atom is -0.456 e. The topological polar surface area (TPSA) is 9.23 Å². The van der Waals surface area contributed by atoms with Crippen molar-refractivity contribution in [2.75, 3.05) is 0 Å². The summed E-state index contributed by atoms with van der Waals surface area (Å²) in [4.78, 5) is 1.17. The smallest absolute Gasteiger partial charge is 0.141 e. The van der Waals surface area contributed by atoms with Gasteiger partial charge in [-0.1, -0.05) is 54.1 Å². The maximum absolute atomic E-state index is 6.12. The van der Waals surface area contributed by atoms with E-state index in [-0.39, 0.29) is 5.92 Å². The number of ether oxygens (including phenoxy) is 1. The summed E-state index contributed by atoms with van der Waals surface area (Å²) >= 11 is 1.71. The van der Waals surface area contributed by atoms with Gasteiger partial charge in [0.15, 0.2) is 0 Å². The zero-order valence-electron chi connectivity index (χ0n) is 12.3. The first-order chi connectivity index (χ1) is 10.8. The molecule has 0 bridgehead atoms. The summed E-state index contributed by atoms with van der Waals surface area (Å²) in [6.45, 7) is 2.12. The van der Waals surface area contributed by atoms with Crippen molar-refractivity contribution in [2.45, 2.75) is 12.8 Å². The second kappa shape index (κ2) is 5.47. The number of rotatable bonds is 2. The Hall–Kier alpha value is -2.32. The van der Waals surface area contributed by atoms with Gasteiger partial charge in [-0.15, -0.1) is 11.3 Å². The molecule has 1 aliphatic heterocycles. The minimum absolute atomic E-state index is 0.239. The molecule has 0 amide bonds. The van der Waals surface area contributed by atoms with Crippen LogP contribution in [0.1, 0.15) is 27.5 Å². The molecule has 2 heterocycles. The second-order valence-electron chi connectivity index (χ2n) is 5.54. The highest BCUT2D eigenvalue weighted by atomic mass is 32.1. The van der Waals surface area contributed by atoms with Crippen LogP contribution in [-0.4, -0.2) is 0 Å². The monoisotopic (exact) mass is 304 g/mol. The third kappa shape index (κ3) is 2.36. The summed E-state index contributed by atoms with van der Waals surface area (Å²) in [7, 11) is 0. The van der Waals surface area contributed by atoms with E-state index in [1.807, 2.05) is 6.07 Å². The fourth-order valence-electron chi connectivity index (χ4n) is 2.82. The van der Waals surface area contributed by atoms with Gasteiger partial charge in [-0.2, -0.15) is 0 Å². The number of benzene rings is 2. The predicted octanol–water partition coefficient (Wildman–Crippen LogP) is 5.62. The van der Waals surface area contributed by atoms with Crippen molar-refractivity contribution in [3.63, 3.8) is 0 Å². The lowest BCUT2D eigenvalue weighted by Crippen LogP contribution is -2.09. The molecule has 22 heavy (non-hydrogen) atoms. The van der Waals surface area contributed by atoms with Gasteiger partial charge >= 0.3 is 0 Å². The first kappa shape index (κ1) is 13.4. The quantitative estimate of drug-likeness (QED) is 0.597. The molecular formula is C20H16OS. The first-order valence-electron chi connectivity index (χ1n) is 7.40. The van der Waals surface area contributed by atoms with Crippen LogP contribution in [0.15, 0.2) is 72.1 Å². The number of hydrogen-bond acceptors (Lipinski definition) is 2. The van der Waals surface area contributed by atoms with Gasteiger partial charge in [0, 0.05) is 11.5 Å². The van der Waals surface area contributed by atoms with E-state index in [0.717, 1.165) is 11.5 Å². The van der Waals surface area contributed by atoms with Gasteiger partial charge in [0.2, 0.25) is 0 Å². The highest BCUT2D eigenvalue weighted by molar-refractivity contribution is 7.11. The molecule has 108 valence electrons. The number of hydrogen-bond donors (Lipinski definition) is 0. The first-order valence-corrected chi connectivity index (χ1v) is 8.28. The van der Waals surface area contributed by atoms with Crippen LogP contribution in [0.25, 0.3) is 5.76 Å². The Bertz CT molecular complexity index is 813. The Morgan fingerprint density at radius 2 is 1.73 bits per heavy atom. The Labute approximate surface area is 134 Å². The fourth-order valence-corrected chi connectivity index (χ4v) is 3.51. The van der Waals surface area contributed by atoms with Crippen molar-refractivity contribution >= 4 is 17.1 Å². The van der Waals surface area contributed by atoms with Gasteiger partial charge in [0.1, 0.15) is 11.5 Å². The molecule has 1 aromatic heterocycles. The van der Waals surface area contributed by atoms with Crippen molar-refractivity contribution < 1.29 is 4.74 Å². The van der Waals surface area contributed by atoms with E-state index in [1.165, 1.54) is 21.6 Å². The van der Waals surface area contributed by atoms with Gasteiger partial charge in [-0.3, -0.25) is 0 Å². The van der Waals surface area contributed by atoms with Crippen LogP contribution in [0.3, 0.4) is 0 Å². The number of aryl methyl sites for hydroxylation is 1. The van der Waals surface area contributed by atoms with Crippen LogP contribution >= 0.6 is 11.3 Å². The van der Waals surface area contributed by atoms with E-state index >= 15 is 0 Å². The summed E-state index contributed by atoms with van der Waals surface area (Å²) < 4.78 is 6.12. The van der Waals surface area contributed by atoms with Crippen molar-refractivity contribution in [2.24, 2.45) is 0 Å². The molecule has 0 saturated heterocycles. The molecule has 0 fully saturated rings. The van der Waals surface area contributed by atoms with E-state index in [2.05, 4.69) is 73.0 Å². The molecule has 3 aromatic rings. The maximum atomic E-state index is 6.12. The lowest BCUT2D eigenvalue weighted by atomic mass is 9.88. The Kier molecular flexibility index (Phi) is 3.32. The summed E-state index contributed by atoms with van der Waals surface area (Å²) in [5.41, 5.74) is 3.81. The minimum atomic E-state index is 0.239. The van der Waals surface area contributed by atoms with Crippen LogP contribution in [0.5, 0.6) is 5.75 Å². The number of thiophene rings is 1. The van der Waals surface area contributed by atoms with Gasteiger partial charge < -0.3 is 4.74 Å². The molecule has 0 spiro atoms. The molecule has 0 N–H and O–H groups in total. The molecule has 0 saturated carbocycles. The van der Waals surface area contributed by atoms with Gasteiger partial charge in [0.05, 0.1) is 4.88 Å². The van der Waals surface area contributed by atoms with Crippen LogP contribution in [0.2, 0.25) is 0 Å². The maximum Gasteiger partial charge on any atom is 0.141 e. The summed E-state index contributed by atoms with van der Waals surface area (Å²) in [6, 6.07) is 21.3. The lowest BCUT2D eigenvalue weighted by Gasteiger charge is -2.25. The number of fused-ring (bicyclic) bond motifs is 1. The Balaban J connectivity index is 1.84. The second-order valence-corrected chi connectivity index (χ2v) is 6.48. The van der Waals surface area contributed by atoms with Crippen LogP contribution in [0.4, 0.5) is 0 Å². The van der Waals surface area contributed by atoms with Crippen LogP contribution < -0.4 is 4.74 Å². The summed E-state index contributed by atoms with van der Waals surface area (Å²) in [5, 5.41) is 2.08. The Morgan fingerprint density at radius 1 is 0.909 bits per heavy atom. The SMILES string of the molecule is Cc1ccc(C2C=C(c3cccs3)Oc3ccccc32)cc1. The average Bonchev–Trinajstić information content (AvgIpc) is 3.09. The molecule has 0 aliphatic carbocycles. The normalized spacial score (nSPS) is 16.6. The molecule has 1 nitrogen and oxygen atoms in total. The number of para-hydroxylation sites is 1. The van der Waals surface area contributed by atoms with Gasteiger partial charge in [-0.05, 0) is 36.1 Å². The van der Waals surface area contributed by atoms with Crippen molar-refractivity contribution in [1.29, 1.82) is 0 Å². The molecule has 1 unspecified atom stereocenters. The molecule has 2 aromatic carbocycles. The predicted molar refractivity (Wildman–Crippen MR) is 92.4 cm³/mol. The number of allylic oxidation sites excluding steroid dienone is 1. The summed E-state index contributed by atoms with van der Waals surface area (Å²) in [5.74, 6) is 2.15. The Morgan fingerprint density at radius 3 is 2.50 bits per heavy atom. The van der Waals surface area contributed by atoms with E-state index in [4.69, 9.17) is 4.74 Å².